The lowest BCUT2D eigenvalue weighted by Crippen LogP contribution is -2.43. The van der Waals surface area contributed by atoms with E-state index in [4.69, 9.17) is 4.74 Å². The van der Waals surface area contributed by atoms with E-state index in [1.807, 2.05) is 13.8 Å². The Hall–Kier alpha value is -0.580. The van der Waals surface area contributed by atoms with Crippen LogP contribution in [-0.4, -0.2) is 29.4 Å². The SMILES string of the molecule is CCC(C)(CNC(=O)OC(C)(C)C)C(=O)CBr. The second kappa shape index (κ2) is 6.38. The molecule has 0 heterocycles. The van der Waals surface area contributed by atoms with Crippen molar-refractivity contribution in [1.82, 2.24) is 5.32 Å². The van der Waals surface area contributed by atoms with E-state index in [1.165, 1.54) is 0 Å². The van der Waals surface area contributed by atoms with Gasteiger partial charge >= 0.3 is 6.09 Å². The summed E-state index contributed by atoms with van der Waals surface area (Å²) < 4.78 is 5.12. The van der Waals surface area contributed by atoms with Gasteiger partial charge in [0.2, 0.25) is 0 Å². The molecule has 0 spiro atoms. The van der Waals surface area contributed by atoms with Crippen LogP contribution in [-0.2, 0) is 9.53 Å². The molecular weight excluding hydrogens is 286 g/mol. The summed E-state index contributed by atoms with van der Waals surface area (Å²) in [4.78, 5) is 23.2. The minimum atomic E-state index is -0.541. The van der Waals surface area contributed by atoms with Crippen molar-refractivity contribution in [2.75, 3.05) is 11.9 Å². The number of hydrogen-bond donors (Lipinski definition) is 1. The monoisotopic (exact) mass is 307 g/mol. The Morgan fingerprint density at radius 3 is 2.12 bits per heavy atom. The van der Waals surface area contributed by atoms with E-state index in [9.17, 15) is 9.59 Å². The maximum atomic E-state index is 11.7. The molecular formula is C12H22BrNO3. The topological polar surface area (TPSA) is 55.4 Å². The number of carbonyl (C=O) groups excluding carboxylic acids is 2. The number of alkyl carbamates (subject to hydrolysis) is 1. The van der Waals surface area contributed by atoms with E-state index in [0.717, 1.165) is 0 Å². The molecule has 5 heteroatoms. The quantitative estimate of drug-likeness (QED) is 0.795. The molecule has 0 saturated carbocycles. The average Bonchev–Trinajstić information content (AvgIpc) is 2.22. The van der Waals surface area contributed by atoms with Crippen LogP contribution in [0.5, 0.6) is 0 Å². The first-order chi connectivity index (χ1) is 7.64. The average molecular weight is 308 g/mol. The van der Waals surface area contributed by atoms with Gasteiger partial charge in [0.1, 0.15) is 5.60 Å². The molecule has 0 aliphatic rings. The molecule has 0 bridgehead atoms. The number of rotatable bonds is 5. The summed E-state index contributed by atoms with van der Waals surface area (Å²) in [6.45, 7) is 9.47. The minimum Gasteiger partial charge on any atom is -0.444 e. The molecule has 0 aromatic carbocycles. The van der Waals surface area contributed by atoms with Gasteiger partial charge in [-0.15, -0.1) is 0 Å². The van der Waals surface area contributed by atoms with Crippen LogP contribution < -0.4 is 5.32 Å². The predicted octanol–water partition coefficient (Wildman–Crippen LogP) is 2.89. The van der Waals surface area contributed by atoms with Gasteiger partial charge in [-0.2, -0.15) is 0 Å². The fraction of sp³-hybridized carbons (Fsp3) is 0.833. The minimum absolute atomic E-state index is 0.0797. The van der Waals surface area contributed by atoms with Crippen molar-refractivity contribution in [1.29, 1.82) is 0 Å². The summed E-state index contributed by atoms with van der Waals surface area (Å²) >= 11 is 3.15. The summed E-state index contributed by atoms with van der Waals surface area (Å²) in [6.07, 6.45) is 0.187. The van der Waals surface area contributed by atoms with Gasteiger partial charge in [-0.1, -0.05) is 29.8 Å². The molecule has 17 heavy (non-hydrogen) atoms. The van der Waals surface area contributed by atoms with Crippen molar-refractivity contribution in [3.05, 3.63) is 0 Å². The Kier molecular flexibility index (Phi) is 6.16. The fourth-order valence-corrected chi connectivity index (χ4v) is 1.84. The van der Waals surface area contributed by atoms with Crippen molar-refractivity contribution in [2.24, 2.45) is 5.41 Å². The molecule has 0 aromatic heterocycles. The maximum absolute atomic E-state index is 11.7. The van der Waals surface area contributed by atoms with E-state index < -0.39 is 17.1 Å². The number of amides is 1. The highest BCUT2D eigenvalue weighted by Gasteiger charge is 2.31. The van der Waals surface area contributed by atoms with E-state index in [2.05, 4.69) is 21.2 Å². The lowest BCUT2D eigenvalue weighted by atomic mass is 9.83. The third kappa shape index (κ3) is 6.05. The first kappa shape index (κ1) is 16.4. The van der Waals surface area contributed by atoms with Crippen LogP contribution in [0.15, 0.2) is 0 Å². The van der Waals surface area contributed by atoms with Crippen LogP contribution in [0.4, 0.5) is 4.79 Å². The van der Waals surface area contributed by atoms with Crippen molar-refractivity contribution in [2.45, 2.75) is 46.6 Å². The molecule has 0 radical (unpaired) electrons. The second-order valence-electron chi connectivity index (χ2n) is 5.33. The molecule has 0 aliphatic heterocycles. The lowest BCUT2D eigenvalue weighted by Gasteiger charge is -2.27. The Bertz CT molecular complexity index is 286. The van der Waals surface area contributed by atoms with Crippen molar-refractivity contribution in [3.63, 3.8) is 0 Å². The lowest BCUT2D eigenvalue weighted by molar-refractivity contribution is -0.125. The number of alkyl halides is 1. The van der Waals surface area contributed by atoms with E-state index in [1.54, 1.807) is 20.8 Å². The smallest absolute Gasteiger partial charge is 0.407 e. The third-order valence-electron chi connectivity index (χ3n) is 2.60. The van der Waals surface area contributed by atoms with E-state index in [0.29, 0.717) is 18.3 Å². The maximum Gasteiger partial charge on any atom is 0.407 e. The Balaban J connectivity index is 4.34. The first-order valence-corrected chi connectivity index (χ1v) is 6.83. The number of hydrogen-bond acceptors (Lipinski definition) is 3. The number of nitrogens with one attached hydrogen (secondary N) is 1. The molecule has 1 N–H and O–H groups in total. The van der Waals surface area contributed by atoms with Gasteiger partial charge in [0.05, 0.1) is 5.33 Å². The van der Waals surface area contributed by atoms with Crippen LogP contribution in [0.25, 0.3) is 0 Å². The Labute approximate surface area is 112 Å². The molecule has 0 saturated heterocycles. The van der Waals surface area contributed by atoms with Crippen LogP contribution in [0, 0.1) is 5.41 Å². The highest BCUT2D eigenvalue weighted by atomic mass is 79.9. The molecule has 0 fully saturated rings. The second-order valence-corrected chi connectivity index (χ2v) is 5.89. The molecule has 1 unspecified atom stereocenters. The molecule has 0 aliphatic carbocycles. The van der Waals surface area contributed by atoms with Crippen LogP contribution >= 0.6 is 15.9 Å². The number of halogens is 1. The molecule has 1 amide bonds. The van der Waals surface area contributed by atoms with Crippen molar-refractivity contribution in [3.8, 4) is 0 Å². The van der Waals surface area contributed by atoms with Gasteiger partial charge in [-0.25, -0.2) is 4.79 Å². The van der Waals surface area contributed by atoms with E-state index >= 15 is 0 Å². The number of carbonyl (C=O) groups is 2. The zero-order valence-corrected chi connectivity index (χ0v) is 12.8. The van der Waals surface area contributed by atoms with Gasteiger partial charge in [0, 0.05) is 12.0 Å². The summed E-state index contributed by atoms with van der Waals surface area (Å²) in [6, 6.07) is 0. The van der Waals surface area contributed by atoms with E-state index in [-0.39, 0.29) is 5.78 Å². The summed E-state index contributed by atoms with van der Waals surface area (Å²) in [5.74, 6) is 0.0797. The summed E-state index contributed by atoms with van der Waals surface area (Å²) in [5, 5.41) is 2.94. The summed E-state index contributed by atoms with van der Waals surface area (Å²) in [7, 11) is 0. The van der Waals surface area contributed by atoms with Gasteiger partial charge in [-0.3, -0.25) is 4.79 Å². The van der Waals surface area contributed by atoms with Crippen LogP contribution in [0.2, 0.25) is 0 Å². The third-order valence-corrected chi connectivity index (χ3v) is 3.11. The van der Waals surface area contributed by atoms with Gasteiger partial charge in [0.15, 0.2) is 5.78 Å². The zero-order valence-electron chi connectivity index (χ0n) is 11.2. The Morgan fingerprint density at radius 2 is 1.76 bits per heavy atom. The van der Waals surface area contributed by atoms with Gasteiger partial charge in [0.25, 0.3) is 0 Å². The van der Waals surface area contributed by atoms with Crippen LogP contribution in [0.3, 0.4) is 0 Å². The van der Waals surface area contributed by atoms with Crippen molar-refractivity contribution < 1.29 is 14.3 Å². The first-order valence-electron chi connectivity index (χ1n) is 5.71. The molecule has 1 atom stereocenters. The largest absolute Gasteiger partial charge is 0.444 e. The normalized spacial score (nSPS) is 14.9. The van der Waals surface area contributed by atoms with Gasteiger partial charge in [-0.05, 0) is 27.2 Å². The van der Waals surface area contributed by atoms with Gasteiger partial charge < -0.3 is 10.1 Å². The standard InChI is InChI=1S/C12H22BrNO3/c1-6-12(5,9(15)7-13)8-14-10(16)17-11(2,3)4/h6-8H2,1-5H3,(H,14,16). The molecule has 4 nitrogen and oxygen atoms in total. The number of ketones is 1. The summed E-state index contributed by atoms with van der Waals surface area (Å²) in [5.41, 5.74) is -1.06. The van der Waals surface area contributed by atoms with Crippen molar-refractivity contribution >= 4 is 27.8 Å². The van der Waals surface area contributed by atoms with Crippen LogP contribution in [0.1, 0.15) is 41.0 Å². The molecule has 100 valence electrons. The molecule has 0 aromatic rings. The predicted molar refractivity (Wildman–Crippen MR) is 71.4 cm³/mol. The number of Topliss-reactive ketones (excluding diaryl/α,β-unsaturated/α-hetero) is 1. The highest BCUT2D eigenvalue weighted by Crippen LogP contribution is 2.22. The Morgan fingerprint density at radius 1 is 1.24 bits per heavy atom. The number of ether oxygens (including phenoxy) is 1. The highest BCUT2D eigenvalue weighted by molar-refractivity contribution is 9.09. The molecule has 0 rings (SSSR count). The zero-order chi connectivity index (χ0) is 13.7. The fourth-order valence-electron chi connectivity index (χ4n) is 1.16.